The molecule has 2 rings (SSSR count). The molecule has 0 unspecified atom stereocenters. The van der Waals surface area contributed by atoms with Gasteiger partial charge < -0.3 is 14.8 Å². The third-order valence-corrected chi connectivity index (χ3v) is 3.50. The first-order valence-electron chi connectivity index (χ1n) is 6.26. The fraction of sp³-hybridized carbons (Fsp3) is 0.615. The summed E-state index contributed by atoms with van der Waals surface area (Å²) in [5.41, 5.74) is 0.765. The molecule has 0 aliphatic carbocycles. The highest BCUT2D eigenvalue weighted by molar-refractivity contribution is 5.92. The molecule has 4 nitrogen and oxygen atoms in total. The van der Waals surface area contributed by atoms with Gasteiger partial charge in [-0.05, 0) is 44.0 Å². The average molecular weight is 235 g/mol. The average Bonchev–Trinajstić information content (AvgIpc) is 2.76. The fourth-order valence-electron chi connectivity index (χ4n) is 2.41. The predicted molar refractivity (Wildman–Crippen MR) is 68.0 cm³/mol. The Morgan fingerprint density at radius 2 is 2.24 bits per heavy atom. The third kappa shape index (κ3) is 2.88. The summed E-state index contributed by atoms with van der Waals surface area (Å²) in [5, 5.41) is 3.35. The Balaban J connectivity index is 1.93. The maximum atomic E-state index is 12.2. The lowest BCUT2D eigenvalue weighted by molar-refractivity contribution is 0.0753. The number of hydrogen-bond acceptors (Lipinski definition) is 2. The van der Waals surface area contributed by atoms with Crippen LogP contribution in [0.25, 0.3) is 0 Å². The van der Waals surface area contributed by atoms with Gasteiger partial charge in [0.05, 0.1) is 0 Å². The molecule has 1 aliphatic heterocycles. The number of nitrogens with one attached hydrogen (secondary N) is 1. The first kappa shape index (κ1) is 12.2. The number of amides is 1. The highest BCUT2D eigenvalue weighted by Crippen LogP contribution is 2.14. The van der Waals surface area contributed by atoms with Gasteiger partial charge in [0.25, 0.3) is 5.91 Å². The van der Waals surface area contributed by atoms with Crippen LogP contribution in [0.4, 0.5) is 0 Å². The number of carbonyl (C=O) groups excluding carboxylic acids is 1. The van der Waals surface area contributed by atoms with Crippen LogP contribution < -0.4 is 5.32 Å². The molecule has 0 atom stereocenters. The zero-order chi connectivity index (χ0) is 12.3. The summed E-state index contributed by atoms with van der Waals surface area (Å²) in [6.45, 7) is 3.03. The Bertz CT molecular complexity index is 380. The highest BCUT2D eigenvalue weighted by atomic mass is 16.2. The van der Waals surface area contributed by atoms with E-state index in [0.29, 0.717) is 5.92 Å². The van der Waals surface area contributed by atoms with Crippen LogP contribution in [0.2, 0.25) is 0 Å². The van der Waals surface area contributed by atoms with Crippen LogP contribution in [0, 0.1) is 5.92 Å². The molecular weight excluding hydrogens is 214 g/mol. The van der Waals surface area contributed by atoms with Gasteiger partial charge in [0.15, 0.2) is 0 Å². The molecule has 1 aromatic rings. The predicted octanol–water partition coefficient (Wildman–Crippen LogP) is 1.10. The minimum atomic E-state index is 0.121. The first-order chi connectivity index (χ1) is 8.18. The summed E-state index contributed by atoms with van der Waals surface area (Å²) in [5.74, 6) is 0.765. The van der Waals surface area contributed by atoms with E-state index in [2.05, 4.69) is 5.32 Å². The Morgan fingerprint density at radius 3 is 2.82 bits per heavy atom. The second kappa shape index (κ2) is 5.36. The number of nitrogens with zero attached hydrogens (tertiary/aromatic N) is 2. The lowest BCUT2D eigenvalue weighted by Gasteiger charge is -2.27. The largest absolute Gasteiger partial charge is 0.347 e. The molecule has 4 heteroatoms. The molecule has 0 bridgehead atoms. The summed E-state index contributed by atoms with van der Waals surface area (Å²) in [4.78, 5) is 14.0. The van der Waals surface area contributed by atoms with E-state index in [1.807, 2.05) is 41.9 Å². The van der Waals surface area contributed by atoms with Crippen molar-refractivity contribution in [3.8, 4) is 0 Å². The van der Waals surface area contributed by atoms with Crippen LogP contribution >= 0.6 is 0 Å². The van der Waals surface area contributed by atoms with Crippen molar-refractivity contribution in [3.05, 3.63) is 24.0 Å². The van der Waals surface area contributed by atoms with Crippen molar-refractivity contribution in [2.24, 2.45) is 13.0 Å². The number of carbonyl (C=O) groups is 1. The molecule has 1 N–H and O–H groups in total. The van der Waals surface area contributed by atoms with Crippen molar-refractivity contribution in [1.29, 1.82) is 0 Å². The highest BCUT2D eigenvalue weighted by Gasteiger charge is 2.19. The minimum absolute atomic E-state index is 0.121. The molecule has 0 saturated carbocycles. The molecule has 1 amide bonds. The SMILES string of the molecule is CN(CC1CCNCC1)C(=O)c1cccn1C. The molecule has 1 saturated heterocycles. The van der Waals surface area contributed by atoms with Crippen LogP contribution in [-0.4, -0.2) is 42.1 Å². The second-order valence-corrected chi connectivity index (χ2v) is 4.88. The van der Waals surface area contributed by atoms with Crippen molar-refractivity contribution in [3.63, 3.8) is 0 Å². The Labute approximate surface area is 103 Å². The van der Waals surface area contributed by atoms with E-state index >= 15 is 0 Å². The van der Waals surface area contributed by atoms with Gasteiger partial charge in [0.1, 0.15) is 5.69 Å². The van der Waals surface area contributed by atoms with Crippen LogP contribution in [0.3, 0.4) is 0 Å². The molecular formula is C13H21N3O. The van der Waals surface area contributed by atoms with E-state index in [1.54, 1.807) is 0 Å². The van der Waals surface area contributed by atoms with E-state index in [1.165, 1.54) is 12.8 Å². The lowest BCUT2D eigenvalue weighted by Crippen LogP contribution is -2.37. The van der Waals surface area contributed by atoms with E-state index < -0.39 is 0 Å². The summed E-state index contributed by atoms with van der Waals surface area (Å²) in [7, 11) is 3.81. The van der Waals surface area contributed by atoms with Crippen molar-refractivity contribution in [2.45, 2.75) is 12.8 Å². The van der Waals surface area contributed by atoms with Crippen molar-refractivity contribution in [1.82, 2.24) is 14.8 Å². The zero-order valence-electron chi connectivity index (χ0n) is 10.6. The van der Waals surface area contributed by atoms with Gasteiger partial charge in [-0.25, -0.2) is 0 Å². The van der Waals surface area contributed by atoms with Crippen LogP contribution in [0.1, 0.15) is 23.3 Å². The Hall–Kier alpha value is -1.29. The van der Waals surface area contributed by atoms with E-state index in [9.17, 15) is 4.79 Å². The van der Waals surface area contributed by atoms with E-state index in [-0.39, 0.29) is 5.91 Å². The van der Waals surface area contributed by atoms with Gasteiger partial charge in [-0.1, -0.05) is 0 Å². The summed E-state index contributed by atoms with van der Waals surface area (Å²) < 4.78 is 1.88. The Kier molecular flexibility index (Phi) is 3.84. The van der Waals surface area contributed by atoms with Crippen LogP contribution in [0.5, 0.6) is 0 Å². The number of aryl methyl sites for hydroxylation is 1. The fourth-order valence-corrected chi connectivity index (χ4v) is 2.41. The molecule has 0 spiro atoms. The molecule has 94 valence electrons. The van der Waals surface area contributed by atoms with Gasteiger partial charge >= 0.3 is 0 Å². The summed E-state index contributed by atoms with van der Waals surface area (Å²) in [6, 6.07) is 3.78. The molecule has 1 fully saturated rings. The van der Waals surface area contributed by atoms with E-state index in [0.717, 1.165) is 25.3 Å². The van der Waals surface area contributed by atoms with Gasteiger partial charge in [0, 0.05) is 26.8 Å². The number of hydrogen-bond donors (Lipinski definition) is 1. The maximum Gasteiger partial charge on any atom is 0.270 e. The van der Waals surface area contributed by atoms with Gasteiger partial charge in [-0.3, -0.25) is 4.79 Å². The molecule has 0 aromatic carbocycles. The van der Waals surface area contributed by atoms with Crippen molar-refractivity contribution < 1.29 is 4.79 Å². The van der Waals surface area contributed by atoms with E-state index in [4.69, 9.17) is 0 Å². The van der Waals surface area contributed by atoms with Gasteiger partial charge in [-0.2, -0.15) is 0 Å². The zero-order valence-corrected chi connectivity index (χ0v) is 10.6. The van der Waals surface area contributed by atoms with Gasteiger partial charge in [0.2, 0.25) is 0 Å². The van der Waals surface area contributed by atoms with Crippen molar-refractivity contribution in [2.75, 3.05) is 26.7 Å². The lowest BCUT2D eigenvalue weighted by atomic mass is 9.97. The van der Waals surface area contributed by atoms with Gasteiger partial charge in [-0.15, -0.1) is 0 Å². The summed E-state index contributed by atoms with van der Waals surface area (Å²) >= 11 is 0. The van der Waals surface area contributed by atoms with Crippen LogP contribution in [-0.2, 0) is 7.05 Å². The minimum Gasteiger partial charge on any atom is -0.347 e. The standard InChI is InChI=1S/C13H21N3O/c1-15-9-3-4-12(15)13(17)16(2)10-11-5-7-14-8-6-11/h3-4,9,11,14H,5-8,10H2,1-2H3. The molecule has 1 aliphatic rings. The summed E-state index contributed by atoms with van der Waals surface area (Å²) in [6.07, 6.45) is 4.25. The number of aromatic nitrogens is 1. The normalized spacial score (nSPS) is 17.1. The molecule has 0 radical (unpaired) electrons. The monoisotopic (exact) mass is 235 g/mol. The van der Waals surface area contributed by atoms with Crippen molar-refractivity contribution >= 4 is 5.91 Å². The topological polar surface area (TPSA) is 37.3 Å². The maximum absolute atomic E-state index is 12.2. The first-order valence-corrected chi connectivity index (χ1v) is 6.26. The smallest absolute Gasteiger partial charge is 0.270 e. The molecule has 1 aromatic heterocycles. The van der Waals surface area contributed by atoms with Crippen LogP contribution in [0.15, 0.2) is 18.3 Å². The molecule has 2 heterocycles. The number of piperidine rings is 1. The molecule has 17 heavy (non-hydrogen) atoms. The quantitative estimate of drug-likeness (QED) is 0.851. The third-order valence-electron chi connectivity index (χ3n) is 3.50. The number of rotatable bonds is 3. The second-order valence-electron chi connectivity index (χ2n) is 4.88. The Morgan fingerprint density at radius 1 is 1.53 bits per heavy atom.